The van der Waals surface area contributed by atoms with Crippen molar-refractivity contribution in [1.29, 1.82) is 0 Å². The molecule has 0 unspecified atom stereocenters. The lowest BCUT2D eigenvalue weighted by molar-refractivity contribution is -0.134. The number of carbonyl (C=O) groups excluding carboxylic acids is 2. The molecule has 2 amide bonds. The summed E-state index contributed by atoms with van der Waals surface area (Å²) in [6.07, 6.45) is 9.22. The third kappa shape index (κ3) is 6.76. The Morgan fingerprint density at radius 3 is 2.41 bits per heavy atom. The molecule has 29 heavy (non-hydrogen) atoms. The van der Waals surface area contributed by atoms with E-state index in [1.54, 1.807) is 12.1 Å². The van der Waals surface area contributed by atoms with E-state index in [9.17, 15) is 9.59 Å². The summed E-state index contributed by atoms with van der Waals surface area (Å²) in [5, 5.41) is 2.89. The first-order chi connectivity index (χ1) is 14.0. The molecule has 1 N–H and O–H groups in total. The Hall–Kier alpha value is -2.04. The summed E-state index contributed by atoms with van der Waals surface area (Å²) in [6.45, 7) is 6.21. The summed E-state index contributed by atoms with van der Waals surface area (Å²) in [7, 11) is 0. The SMILES string of the molecule is CC(C)NC(=O)c1ccc(OC[C@@H]2CCCN(C(=O)CC3CCCCC3)C2)cc1. The topological polar surface area (TPSA) is 58.6 Å². The molecule has 1 saturated carbocycles. The van der Waals surface area contributed by atoms with Crippen LogP contribution in [0, 0.1) is 11.8 Å². The van der Waals surface area contributed by atoms with E-state index >= 15 is 0 Å². The highest BCUT2D eigenvalue weighted by molar-refractivity contribution is 5.94. The summed E-state index contributed by atoms with van der Waals surface area (Å²) in [6, 6.07) is 7.42. The third-order valence-corrected chi connectivity index (χ3v) is 6.08. The first-order valence-electron chi connectivity index (χ1n) is 11.3. The van der Waals surface area contributed by atoms with Gasteiger partial charge in [0, 0.05) is 37.0 Å². The van der Waals surface area contributed by atoms with E-state index in [2.05, 4.69) is 10.2 Å². The standard InChI is InChI=1S/C24H36N2O3/c1-18(2)25-24(28)21-10-12-22(13-11-21)29-17-20-9-6-14-26(16-20)23(27)15-19-7-4-3-5-8-19/h10-13,18-20H,3-9,14-17H2,1-2H3,(H,25,28)/t20-/m1/s1. The van der Waals surface area contributed by atoms with E-state index in [-0.39, 0.29) is 11.9 Å². The molecule has 0 spiro atoms. The van der Waals surface area contributed by atoms with Crippen LogP contribution in [-0.4, -0.2) is 42.5 Å². The minimum atomic E-state index is -0.0639. The van der Waals surface area contributed by atoms with Gasteiger partial charge in [0.2, 0.25) is 5.91 Å². The van der Waals surface area contributed by atoms with Gasteiger partial charge in [-0.1, -0.05) is 19.3 Å². The number of benzene rings is 1. The lowest BCUT2D eigenvalue weighted by Gasteiger charge is -2.34. The third-order valence-electron chi connectivity index (χ3n) is 6.08. The fourth-order valence-electron chi connectivity index (χ4n) is 4.46. The van der Waals surface area contributed by atoms with E-state index < -0.39 is 0 Å². The van der Waals surface area contributed by atoms with E-state index in [0.717, 1.165) is 38.1 Å². The fraction of sp³-hybridized carbons (Fsp3) is 0.667. The number of rotatable bonds is 7. The largest absolute Gasteiger partial charge is 0.493 e. The molecule has 1 saturated heterocycles. The molecule has 2 fully saturated rings. The molecule has 1 aromatic rings. The van der Waals surface area contributed by atoms with Crippen LogP contribution in [0.25, 0.3) is 0 Å². The van der Waals surface area contributed by atoms with Crippen molar-refractivity contribution in [3.05, 3.63) is 29.8 Å². The molecule has 5 nitrogen and oxygen atoms in total. The summed E-state index contributed by atoms with van der Waals surface area (Å²) < 4.78 is 5.97. The predicted molar refractivity (Wildman–Crippen MR) is 115 cm³/mol. The van der Waals surface area contributed by atoms with Crippen molar-refractivity contribution in [2.75, 3.05) is 19.7 Å². The van der Waals surface area contributed by atoms with Gasteiger partial charge in [0.25, 0.3) is 5.91 Å². The second-order valence-corrected chi connectivity index (χ2v) is 9.02. The number of amides is 2. The number of carbonyl (C=O) groups is 2. The minimum absolute atomic E-state index is 0.0639. The molecule has 0 aromatic heterocycles. The zero-order valence-electron chi connectivity index (χ0n) is 18.0. The molecule has 160 valence electrons. The van der Waals surface area contributed by atoms with Crippen molar-refractivity contribution in [3.8, 4) is 5.75 Å². The highest BCUT2D eigenvalue weighted by Gasteiger charge is 2.26. The molecule has 2 aliphatic rings. The maximum Gasteiger partial charge on any atom is 0.251 e. The Morgan fingerprint density at radius 1 is 1.03 bits per heavy atom. The second kappa shape index (κ2) is 10.7. The highest BCUT2D eigenvalue weighted by Crippen LogP contribution is 2.28. The van der Waals surface area contributed by atoms with Crippen molar-refractivity contribution < 1.29 is 14.3 Å². The van der Waals surface area contributed by atoms with Crippen LogP contribution >= 0.6 is 0 Å². The van der Waals surface area contributed by atoms with Gasteiger partial charge in [-0.25, -0.2) is 0 Å². The van der Waals surface area contributed by atoms with E-state index in [1.807, 2.05) is 26.0 Å². The Labute approximate surface area is 175 Å². The van der Waals surface area contributed by atoms with Crippen molar-refractivity contribution in [2.45, 2.75) is 71.3 Å². The van der Waals surface area contributed by atoms with Crippen molar-refractivity contribution >= 4 is 11.8 Å². The molecular formula is C24H36N2O3. The smallest absolute Gasteiger partial charge is 0.251 e. The van der Waals surface area contributed by atoms with Crippen molar-refractivity contribution in [3.63, 3.8) is 0 Å². The molecule has 1 atom stereocenters. The molecule has 1 aliphatic carbocycles. The van der Waals surface area contributed by atoms with Gasteiger partial charge in [-0.05, 0) is 69.7 Å². The molecule has 1 heterocycles. The highest BCUT2D eigenvalue weighted by atomic mass is 16.5. The number of nitrogens with zero attached hydrogens (tertiary/aromatic N) is 1. The number of hydrogen-bond acceptors (Lipinski definition) is 3. The van der Waals surface area contributed by atoms with Crippen LogP contribution in [0.4, 0.5) is 0 Å². The van der Waals surface area contributed by atoms with Crippen LogP contribution < -0.4 is 10.1 Å². The lowest BCUT2D eigenvalue weighted by Crippen LogP contribution is -2.42. The first kappa shape index (κ1) is 21.7. The first-order valence-corrected chi connectivity index (χ1v) is 11.3. The quantitative estimate of drug-likeness (QED) is 0.737. The number of hydrogen-bond donors (Lipinski definition) is 1. The fourth-order valence-corrected chi connectivity index (χ4v) is 4.46. The van der Waals surface area contributed by atoms with Gasteiger partial charge in [0.1, 0.15) is 5.75 Å². The average Bonchev–Trinajstić information content (AvgIpc) is 2.73. The van der Waals surface area contributed by atoms with Gasteiger partial charge in [0.05, 0.1) is 6.61 Å². The molecule has 1 aromatic carbocycles. The monoisotopic (exact) mass is 400 g/mol. The van der Waals surface area contributed by atoms with E-state index in [1.165, 1.54) is 32.1 Å². The van der Waals surface area contributed by atoms with Gasteiger partial charge in [0.15, 0.2) is 0 Å². The Balaban J connectivity index is 1.44. The molecule has 5 heteroatoms. The minimum Gasteiger partial charge on any atom is -0.493 e. The number of ether oxygens (including phenoxy) is 1. The van der Waals surface area contributed by atoms with Gasteiger partial charge in [-0.2, -0.15) is 0 Å². The van der Waals surface area contributed by atoms with Crippen LogP contribution in [0.2, 0.25) is 0 Å². The van der Waals surface area contributed by atoms with Gasteiger partial charge < -0.3 is 15.0 Å². The van der Waals surface area contributed by atoms with E-state index in [4.69, 9.17) is 4.74 Å². The lowest BCUT2D eigenvalue weighted by atomic mass is 9.86. The molecule has 0 bridgehead atoms. The second-order valence-electron chi connectivity index (χ2n) is 9.02. The Bertz CT molecular complexity index is 665. The maximum atomic E-state index is 12.7. The van der Waals surface area contributed by atoms with Crippen molar-refractivity contribution in [2.24, 2.45) is 11.8 Å². The van der Waals surface area contributed by atoms with Gasteiger partial charge in [-0.3, -0.25) is 9.59 Å². The molecule has 3 rings (SSSR count). The molecular weight excluding hydrogens is 364 g/mol. The van der Waals surface area contributed by atoms with Crippen LogP contribution in [0.1, 0.15) is 75.6 Å². The zero-order valence-corrected chi connectivity index (χ0v) is 18.0. The van der Waals surface area contributed by atoms with Crippen LogP contribution in [0.15, 0.2) is 24.3 Å². The molecule has 0 radical (unpaired) electrons. The zero-order chi connectivity index (χ0) is 20.6. The van der Waals surface area contributed by atoms with Gasteiger partial charge in [-0.15, -0.1) is 0 Å². The summed E-state index contributed by atoms with van der Waals surface area (Å²) >= 11 is 0. The van der Waals surface area contributed by atoms with E-state index in [0.29, 0.717) is 29.9 Å². The number of likely N-dealkylation sites (tertiary alicyclic amines) is 1. The molecule has 1 aliphatic heterocycles. The number of piperidine rings is 1. The van der Waals surface area contributed by atoms with Gasteiger partial charge >= 0.3 is 0 Å². The Kier molecular flexibility index (Phi) is 7.96. The Morgan fingerprint density at radius 2 is 1.72 bits per heavy atom. The average molecular weight is 401 g/mol. The summed E-state index contributed by atoms with van der Waals surface area (Å²) in [5.41, 5.74) is 0.642. The van der Waals surface area contributed by atoms with Crippen molar-refractivity contribution in [1.82, 2.24) is 10.2 Å². The maximum absolute atomic E-state index is 12.7. The normalized spacial score (nSPS) is 20.5. The number of nitrogens with one attached hydrogen (secondary N) is 1. The summed E-state index contributed by atoms with van der Waals surface area (Å²) in [4.78, 5) is 26.8. The summed E-state index contributed by atoms with van der Waals surface area (Å²) in [5.74, 6) is 2.02. The van der Waals surface area contributed by atoms with Crippen LogP contribution in [-0.2, 0) is 4.79 Å². The van der Waals surface area contributed by atoms with Crippen LogP contribution in [0.3, 0.4) is 0 Å². The van der Waals surface area contributed by atoms with Crippen LogP contribution in [0.5, 0.6) is 5.75 Å². The predicted octanol–water partition coefficient (Wildman–Crippen LogP) is 4.41.